The van der Waals surface area contributed by atoms with Gasteiger partial charge in [0.2, 0.25) is 17.6 Å². The van der Waals surface area contributed by atoms with Gasteiger partial charge in [-0.05, 0) is 43.8 Å². The zero-order valence-corrected chi connectivity index (χ0v) is 15.5. The Kier molecular flexibility index (Phi) is 5.28. The predicted molar refractivity (Wildman–Crippen MR) is 99.9 cm³/mol. The van der Waals surface area contributed by atoms with Crippen molar-refractivity contribution >= 4 is 22.9 Å². The number of rotatable bonds is 6. The van der Waals surface area contributed by atoms with E-state index in [1.54, 1.807) is 11.3 Å². The molecule has 2 heterocycles. The summed E-state index contributed by atoms with van der Waals surface area (Å²) in [6, 6.07) is 8.08. The van der Waals surface area contributed by atoms with Gasteiger partial charge in [-0.15, -0.1) is 0 Å². The van der Waals surface area contributed by atoms with Crippen molar-refractivity contribution in [3.63, 3.8) is 0 Å². The Morgan fingerprint density at radius 1 is 1.28 bits per heavy atom. The van der Waals surface area contributed by atoms with Crippen LogP contribution in [0.4, 0.5) is 5.69 Å². The van der Waals surface area contributed by atoms with Crippen molar-refractivity contribution in [2.45, 2.75) is 33.6 Å². The average molecular weight is 355 g/mol. The van der Waals surface area contributed by atoms with Crippen LogP contribution in [0, 0.1) is 13.8 Å². The van der Waals surface area contributed by atoms with Crippen LogP contribution in [-0.2, 0) is 11.2 Å². The smallest absolute Gasteiger partial charge is 0.227 e. The Bertz CT molecular complexity index is 855. The van der Waals surface area contributed by atoms with Gasteiger partial charge in [-0.1, -0.05) is 22.9 Å². The van der Waals surface area contributed by atoms with Gasteiger partial charge in [-0.2, -0.15) is 16.3 Å². The first kappa shape index (κ1) is 17.4. The van der Waals surface area contributed by atoms with Crippen LogP contribution in [0.3, 0.4) is 0 Å². The van der Waals surface area contributed by atoms with Crippen LogP contribution in [0.5, 0.6) is 0 Å². The van der Waals surface area contributed by atoms with E-state index in [0.29, 0.717) is 31.1 Å². The van der Waals surface area contributed by atoms with Crippen LogP contribution in [0.15, 0.2) is 39.5 Å². The van der Waals surface area contributed by atoms with Crippen LogP contribution in [0.2, 0.25) is 0 Å². The molecule has 0 aliphatic rings. The average Bonchev–Trinajstić information content (AvgIpc) is 3.26. The van der Waals surface area contributed by atoms with Gasteiger partial charge in [0.15, 0.2) is 0 Å². The third-order valence-electron chi connectivity index (χ3n) is 4.06. The highest BCUT2D eigenvalue weighted by Crippen LogP contribution is 2.23. The molecule has 0 spiro atoms. The van der Waals surface area contributed by atoms with E-state index in [1.165, 1.54) is 5.56 Å². The molecule has 0 N–H and O–H groups in total. The van der Waals surface area contributed by atoms with Crippen LogP contribution < -0.4 is 4.90 Å². The number of aryl methyl sites for hydroxylation is 3. The molecular formula is C19H21N3O2S. The second-order valence-corrected chi connectivity index (χ2v) is 6.73. The van der Waals surface area contributed by atoms with Crippen molar-refractivity contribution in [1.29, 1.82) is 0 Å². The first-order valence-electron chi connectivity index (χ1n) is 8.31. The number of aromatic nitrogens is 2. The molecule has 130 valence electrons. The van der Waals surface area contributed by atoms with E-state index in [2.05, 4.69) is 23.1 Å². The van der Waals surface area contributed by atoms with Gasteiger partial charge in [-0.3, -0.25) is 4.79 Å². The molecule has 25 heavy (non-hydrogen) atoms. The molecule has 3 aromatic rings. The standard InChI is InChI=1S/C19H21N3O2S/c1-4-22(16-6-5-13(2)11-14(16)3)18(23)8-7-17-20-19(21-24-17)15-9-10-25-12-15/h5-6,9-12H,4,7-8H2,1-3H3. The lowest BCUT2D eigenvalue weighted by Gasteiger charge is -2.23. The summed E-state index contributed by atoms with van der Waals surface area (Å²) in [7, 11) is 0. The fraction of sp³-hybridized carbons (Fsp3) is 0.316. The molecular weight excluding hydrogens is 334 g/mol. The van der Waals surface area contributed by atoms with Crippen LogP contribution >= 0.6 is 11.3 Å². The second-order valence-electron chi connectivity index (χ2n) is 5.95. The molecule has 0 radical (unpaired) electrons. The summed E-state index contributed by atoms with van der Waals surface area (Å²) in [5.41, 5.74) is 4.20. The number of thiophene rings is 1. The molecule has 0 aliphatic heterocycles. The maximum absolute atomic E-state index is 12.7. The van der Waals surface area contributed by atoms with Gasteiger partial charge in [-0.25, -0.2) is 0 Å². The first-order chi connectivity index (χ1) is 12.1. The molecule has 0 atom stereocenters. The Morgan fingerprint density at radius 2 is 2.12 bits per heavy atom. The minimum absolute atomic E-state index is 0.0599. The van der Waals surface area contributed by atoms with Gasteiger partial charge in [0.1, 0.15) is 0 Å². The summed E-state index contributed by atoms with van der Waals surface area (Å²) in [4.78, 5) is 18.8. The Labute approximate surface area is 151 Å². The SMILES string of the molecule is CCN(C(=O)CCc1nc(-c2ccsc2)no1)c1ccc(C)cc1C. The summed E-state index contributed by atoms with van der Waals surface area (Å²) >= 11 is 1.59. The van der Waals surface area contributed by atoms with Gasteiger partial charge in [0.05, 0.1) is 0 Å². The zero-order valence-electron chi connectivity index (χ0n) is 14.7. The number of anilines is 1. The molecule has 0 bridgehead atoms. The fourth-order valence-corrected chi connectivity index (χ4v) is 3.44. The number of benzene rings is 1. The van der Waals surface area contributed by atoms with Crippen molar-refractivity contribution in [3.8, 4) is 11.4 Å². The molecule has 6 heteroatoms. The van der Waals surface area contributed by atoms with E-state index in [0.717, 1.165) is 16.8 Å². The minimum Gasteiger partial charge on any atom is -0.339 e. The topological polar surface area (TPSA) is 59.2 Å². The third kappa shape index (κ3) is 3.96. The number of amides is 1. The summed E-state index contributed by atoms with van der Waals surface area (Å²) in [5, 5.41) is 7.92. The first-order valence-corrected chi connectivity index (χ1v) is 9.25. The number of carbonyl (C=O) groups excluding carboxylic acids is 1. The Morgan fingerprint density at radius 3 is 2.80 bits per heavy atom. The van der Waals surface area contributed by atoms with E-state index in [1.807, 2.05) is 47.7 Å². The lowest BCUT2D eigenvalue weighted by atomic mass is 10.1. The van der Waals surface area contributed by atoms with Gasteiger partial charge >= 0.3 is 0 Å². The molecule has 3 rings (SSSR count). The molecule has 0 aliphatic carbocycles. The van der Waals surface area contributed by atoms with Crippen LogP contribution in [0.25, 0.3) is 11.4 Å². The summed E-state index contributed by atoms with van der Waals surface area (Å²) in [5.74, 6) is 1.13. The van der Waals surface area contributed by atoms with Crippen molar-refractivity contribution < 1.29 is 9.32 Å². The highest BCUT2D eigenvalue weighted by molar-refractivity contribution is 7.08. The second kappa shape index (κ2) is 7.61. The van der Waals surface area contributed by atoms with E-state index in [9.17, 15) is 4.79 Å². The monoisotopic (exact) mass is 355 g/mol. The Hall–Kier alpha value is -2.47. The Balaban J connectivity index is 1.66. The lowest BCUT2D eigenvalue weighted by molar-refractivity contribution is -0.118. The number of carbonyl (C=O) groups is 1. The summed E-state index contributed by atoms with van der Waals surface area (Å²) in [6.45, 7) is 6.70. The fourth-order valence-electron chi connectivity index (χ4n) is 2.80. The molecule has 0 saturated heterocycles. The maximum atomic E-state index is 12.7. The van der Waals surface area contributed by atoms with Crippen molar-refractivity contribution in [2.75, 3.05) is 11.4 Å². The normalized spacial score (nSPS) is 10.8. The van der Waals surface area contributed by atoms with Crippen LogP contribution in [0.1, 0.15) is 30.4 Å². The van der Waals surface area contributed by atoms with E-state index in [-0.39, 0.29) is 5.91 Å². The minimum atomic E-state index is 0.0599. The third-order valence-corrected chi connectivity index (χ3v) is 4.74. The number of hydrogen-bond donors (Lipinski definition) is 0. The zero-order chi connectivity index (χ0) is 17.8. The molecule has 0 unspecified atom stereocenters. The molecule has 2 aromatic heterocycles. The predicted octanol–water partition coefficient (Wildman–Crippen LogP) is 4.40. The number of hydrogen-bond acceptors (Lipinski definition) is 5. The molecule has 0 saturated carbocycles. The molecule has 5 nitrogen and oxygen atoms in total. The largest absolute Gasteiger partial charge is 0.339 e. The lowest BCUT2D eigenvalue weighted by Crippen LogP contribution is -2.31. The quantitative estimate of drug-likeness (QED) is 0.657. The summed E-state index contributed by atoms with van der Waals surface area (Å²) < 4.78 is 5.27. The molecule has 1 aromatic carbocycles. The van der Waals surface area contributed by atoms with E-state index < -0.39 is 0 Å². The van der Waals surface area contributed by atoms with Gasteiger partial charge in [0, 0.05) is 36.0 Å². The van der Waals surface area contributed by atoms with Crippen LogP contribution in [-0.4, -0.2) is 22.6 Å². The van der Waals surface area contributed by atoms with Crippen molar-refractivity contribution in [3.05, 3.63) is 52.0 Å². The van der Waals surface area contributed by atoms with E-state index >= 15 is 0 Å². The summed E-state index contributed by atoms with van der Waals surface area (Å²) in [6.07, 6.45) is 0.782. The molecule has 1 amide bonds. The maximum Gasteiger partial charge on any atom is 0.227 e. The van der Waals surface area contributed by atoms with E-state index in [4.69, 9.17) is 4.52 Å². The van der Waals surface area contributed by atoms with Crippen molar-refractivity contribution in [2.24, 2.45) is 0 Å². The highest BCUT2D eigenvalue weighted by atomic mass is 32.1. The van der Waals surface area contributed by atoms with Crippen molar-refractivity contribution in [1.82, 2.24) is 10.1 Å². The highest BCUT2D eigenvalue weighted by Gasteiger charge is 2.17. The van der Waals surface area contributed by atoms with Gasteiger partial charge in [0.25, 0.3) is 0 Å². The van der Waals surface area contributed by atoms with Gasteiger partial charge < -0.3 is 9.42 Å². The number of nitrogens with zero attached hydrogens (tertiary/aromatic N) is 3. The molecule has 0 fully saturated rings.